The van der Waals surface area contributed by atoms with Gasteiger partial charge in [0.25, 0.3) is 5.91 Å². The highest BCUT2D eigenvalue weighted by atomic mass is 19.1. The number of nitrogens with two attached hydrogens (primary N) is 1. The highest BCUT2D eigenvalue weighted by molar-refractivity contribution is 6.05. The van der Waals surface area contributed by atoms with E-state index in [1.807, 2.05) is 12.1 Å². The number of nitrogens with one attached hydrogen (secondary N) is 1. The molecule has 0 saturated carbocycles. The maximum atomic E-state index is 12.9. The van der Waals surface area contributed by atoms with Crippen molar-refractivity contribution in [2.45, 2.75) is 19.8 Å². The molecular weight excluding hydrogens is 255 g/mol. The van der Waals surface area contributed by atoms with E-state index in [4.69, 9.17) is 5.73 Å². The molecule has 0 heterocycles. The normalized spacial score (nSPS) is 10.6. The fraction of sp³-hybridized carbons (Fsp3) is 0.188. The maximum Gasteiger partial charge on any atom is 0.255 e. The second-order valence-electron chi connectivity index (χ2n) is 4.96. The van der Waals surface area contributed by atoms with Crippen LogP contribution < -0.4 is 11.1 Å². The molecule has 2 aromatic rings. The zero-order valence-corrected chi connectivity index (χ0v) is 11.5. The lowest BCUT2D eigenvalue weighted by atomic mass is 10.0. The number of hydrogen-bond donors (Lipinski definition) is 2. The van der Waals surface area contributed by atoms with Gasteiger partial charge in [-0.15, -0.1) is 0 Å². The Kier molecular flexibility index (Phi) is 4.03. The largest absolute Gasteiger partial charge is 0.397 e. The molecule has 0 aromatic heterocycles. The smallest absolute Gasteiger partial charge is 0.255 e. The van der Waals surface area contributed by atoms with Gasteiger partial charge in [-0.25, -0.2) is 4.39 Å². The van der Waals surface area contributed by atoms with E-state index in [1.165, 1.54) is 23.8 Å². The standard InChI is InChI=1S/C16H17FN2O/c1-10(2)11-3-5-12(6-4-11)16(20)19-15-8-7-13(17)9-14(15)18/h3-10H,18H2,1-2H3,(H,19,20). The summed E-state index contributed by atoms with van der Waals surface area (Å²) in [4.78, 5) is 12.1. The Hall–Kier alpha value is -2.36. The first-order valence-electron chi connectivity index (χ1n) is 6.43. The predicted molar refractivity (Wildman–Crippen MR) is 79.3 cm³/mol. The first-order chi connectivity index (χ1) is 9.47. The minimum absolute atomic E-state index is 0.206. The van der Waals surface area contributed by atoms with E-state index in [0.717, 1.165) is 0 Å². The molecular formula is C16H17FN2O. The van der Waals surface area contributed by atoms with Crippen molar-refractivity contribution in [1.82, 2.24) is 0 Å². The Morgan fingerprint density at radius 1 is 1.15 bits per heavy atom. The van der Waals surface area contributed by atoms with Crippen LogP contribution in [0, 0.1) is 5.82 Å². The van der Waals surface area contributed by atoms with Crippen molar-refractivity contribution in [3.8, 4) is 0 Å². The molecule has 2 aromatic carbocycles. The van der Waals surface area contributed by atoms with Crippen molar-refractivity contribution in [2.75, 3.05) is 11.1 Å². The van der Waals surface area contributed by atoms with E-state index < -0.39 is 5.82 Å². The molecule has 0 spiro atoms. The number of carbonyl (C=O) groups is 1. The quantitative estimate of drug-likeness (QED) is 0.835. The summed E-state index contributed by atoms with van der Waals surface area (Å²) in [5.74, 6) is -0.278. The molecule has 104 valence electrons. The van der Waals surface area contributed by atoms with Gasteiger partial charge in [-0.2, -0.15) is 0 Å². The molecule has 3 nitrogen and oxygen atoms in total. The SMILES string of the molecule is CC(C)c1ccc(C(=O)Nc2ccc(F)cc2N)cc1. The van der Waals surface area contributed by atoms with Crippen molar-refractivity contribution in [2.24, 2.45) is 0 Å². The molecule has 0 atom stereocenters. The number of carbonyl (C=O) groups excluding carboxylic acids is 1. The average Bonchev–Trinajstić information content (AvgIpc) is 2.42. The molecule has 2 rings (SSSR count). The lowest BCUT2D eigenvalue weighted by Gasteiger charge is -2.09. The first-order valence-corrected chi connectivity index (χ1v) is 6.43. The van der Waals surface area contributed by atoms with Gasteiger partial charge in [-0.1, -0.05) is 26.0 Å². The molecule has 0 radical (unpaired) electrons. The van der Waals surface area contributed by atoms with E-state index in [9.17, 15) is 9.18 Å². The Balaban J connectivity index is 2.15. The lowest BCUT2D eigenvalue weighted by Crippen LogP contribution is -2.13. The minimum Gasteiger partial charge on any atom is -0.397 e. The summed E-state index contributed by atoms with van der Waals surface area (Å²) < 4.78 is 12.9. The molecule has 1 amide bonds. The maximum absolute atomic E-state index is 12.9. The molecule has 0 aliphatic heterocycles. The van der Waals surface area contributed by atoms with Crippen molar-refractivity contribution in [3.63, 3.8) is 0 Å². The number of halogens is 1. The van der Waals surface area contributed by atoms with Gasteiger partial charge in [0.15, 0.2) is 0 Å². The second kappa shape index (κ2) is 5.74. The van der Waals surface area contributed by atoms with Crippen LogP contribution in [0.4, 0.5) is 15.8 Å². The number of anilines is 2. The van der Waals surface area contributed by atoms with Crippen LogP contribution in [0.15, 0.2) is 42.5 Å². The van der Waals surface area contributed by atoms with Crippen molar-refractivity contribution in [1.29, 1.82) is 0 Å². The van der Waals surface area contributed by atoms with Gasteiger partial charge in [-0.3, -0.25) is 4.79 Å². The Morgan fingerprint density at radius 3 is 2.35 bits per heavy atom. The predicted octanol–water partition coefficient (Wildman–Crippen LogP) is 3.78. The molecule has 0 bridgehead atoms. The molecule has 0 fully saturated rings. The van der Waals surface area contributed by atoms with E-state index in [2.05, 4.69) is 19.2 Å². The van der Waals surface area contributed by atoms with Crippen LogP contribution in [0.3, 0.4) is 0 Å². The van der Waals surface area contributed by atoms with Crippen molar-refractivity contribution >= 4 is 17.3 Å². The van der Waals surface area contributed by atoms with E-state index in [-0.39, 0.29) is 11.6 Å². The van der Waals surface area contributed by atoms with Gasteiger partial charge in [0.2, 0.25) is 0 Å². The van der Waals surface area contributed by atoms with Crippen LogP contribution in [-0.4, -0.2) is 5.91 Å². The monoisotopic (exact) mass is 272 g/mol. The summed E-state index contributed by atoms with van der Waals surface area (Å²) in [6.07, 6.45) is 0. The van der Waals surface area contributed by atoms with Gasteiger partial charge in [0, 0.05) is 5.56 Å². The van der Waals surface area contributed by atoms with Crippen LogP contribution in [0.25, 0.3) is 0 Å². The van der Waals surface area contributed by atoms with Gasteiger partial charge in [0.05, 0.1) is 11.4 Å². The molecule has 4 heteroatoms. The zero-order chi connectivity index (χ0) is 14.7. The summed E-state index contributed by atoms with van der Waals surface area (Å²) in [6, 6.07) is 11.3. The van der Waals surface area contributed by atoms with Crippen molar-refractivity contribution < 1.29 is 9.18 Å². The fourth-order valence-corrected chi connectivity index (χ4v) is 1.86. The number of benzene rings is 2. The third-order valence-corrected chi connectivity index (χ3v) is 3.10. The van der Waals surface area contributed by atoms with Gasteiger partial charge in [0.1, 0.15) is 5.82 Å². The summed E-state index contributed by atoms with van der Waals surface area (Å²) in [5, 5.41) is 2.67. The summed E-state index contributed by atoms with van der Waals surface area (Å²) in [7, 11) is 0. The molecule has 20 heavy (non-hydrogen) atoms. The molecule has 3 N–H and O–H groups in total. The topological polar surface area (TPSA) is 55.1 Å². The first kappa shape index (κ1) is 14.1. The van der Waals surface area contributed by atoms with Crippen LogP contribution >= 0.6 is 0 Å². The van der Waals surface area contributed by atoms with E-state index in [1.54, 1.807) is 12.1 Å². The van der Waals surface area contributed by atoms with Gasteiger partial charge in [-0.05, 0) is 41.8 Å². The lowest BCUT2D eigenvalue weighted by molar-refractivity contribution is 0.102. The fourth-order valence-electron chi connectivity index (χ4n) is 1.86. The highest BCUT2D eigenvalue weighted by Gasteiger charge is 2.09. The summed E-state index contributed by atoms with van der Waals surface area (Å²) >= 11 is 0. The molecule has 0 aliphatic carbocycles. The molecule has 0 aliphatic rings. The summed E-state index contributed by atoms with van der Waals surface area (Å²) in [6.45, 7) is 4.18. The number of nitrogen functional groups attached to an aromatic ring is 1. The number of rotatable bonds is 3. The van der Waals surface area contributed by atoms with Crippen LogP contribution in [0.2, 0.25) is 0 Å². The Labute approximate surface area is 117 Å². The molecule has 0 saturated heterocycles. The number of hydrogen-bond acceptors (Lipinski definition) is 2. The Bertz CT molecular complexity index is 621. The highest BCUT2D eigenvalue weighted by Crippen LogP contribution is 2.20. The van der Waals surface area contributed by atoms with Gasteiger partial charge < -0.3 is 11.1 Å². The minimum atomic E-state index is -0.429. The van der Waals surface area contributed by atoms with Gasteiger partial charge >= 0.3 is 0 Å². The third kappa shape index (κ3) is 3.15. The van der Waals surface area contributed by atoms with Crippen LogP contribution in [0.1, 0.15) is 35.7 Å². The van der Waals surface area contributed by atoms with E-state index >= 15 is 0 Å². The van der Waals surface area contributed by atoms with Crippen LogP contribution in [0.5, 0.6) is 0 Å². The average molecular weight is 272 g/mol. The Morgan fingerprint density at radius 2 is 1.80 bits per heavy atom. The molecule has 0 unspecified atom stereocenters. The second-order valence-corrected chi connectivity index (χ2v) is 4.96. The van der Waals surface area contributed by atoms with E-state index in [0.29, 0.717) is 17.2 Å². The third-order valence-electron chi connectivity index (χ3n) is 3.10. The van der Waals surface area contributed by atoms with Crippen molar-refractivity contribution in [3.05, 3.63) is 59.4 Å². The van der Waals surface area contributed by atoms with Crippen LogP contribution in [-0.2, 0) is 0 Å². The summed E-state index contributed by atoms with van der Waals surface area (Å²) in [5.41, 5.74) is 7.98. The zero-order valence-electron chi connectivity index (χ0n) is 11.5. The number of amides is 1.